The molecule has 0 saturated heterocycles. The maximum absolute atomic E-state index is 12.8. The second-order valence-corrected chi connectivity index (χ2v) is 9.90. The van der Waals surface area contributed by atoms with Crippen LogP contribution in [-0.4, -0.2) is 20.7 Å². The van der Waals surface area contributed by atoms with E-state index < -0.39 is 9.84 Å². The summed E-state index contributed by atoms with van der Waals surface area (Å²) >= 11 is 0. The summed E-state index contributed by atoms with van der Waals surface area (Å²) in [4.78, 5) is 0.403. The number of rotatable bonds is 10. The first-order valence-corrected chi connectivity index (χ1v) is 12.3. The zero-order valence-electron chi connectivity index (χ0n) is 17.8. The zero-order valence-corrected chi connectivity index (χ0v) is 18.7. The molecule has 0 aliphatic rings. The summed E-state index contributed by atoms with van der Waals surface area (Å²) in [5.41, 5.74) is 4.64. The van der Waals surface area contributed by atoms with Crippen LogP contribution in [0, 0.1) is 0 Å². The predicted octanol–water partition coefficient (Wildman–Crippen LogP) is 5.87. The van der Waals surface area contributed by atoms with E-state index >= 15 is 0 Å². The molecule has 0 spiro atoms. The van der Waals surface area contributed by atoms with Gasteiger partial charge in [0.15, 0.2) is 9.84 Å². The molecule has 3 rings (SSSR count). The van der Waals surface area contributed by atoms with Gasteiger partial charge in [0.2, 0.25) is 0 Å². The third-order valence-electron chi connectivity index (χ3n) is 5.33. The Morgan fingerprint density at radius 2 is 1.53 bits per heavy atom. The first-order valence-electron chi connectivity index (χ1n) is 10.7. The molecule has 3 aromatic rings. The fourth-order valence-corrected chi connectivity index (χ4v) is 5.16. The lowest BCUT2D eigenvalue weighted by atomic mass is 10.0. The molecule has 3 aromatic carbocycles. The Morgan fingerprint density at radius 1 is 0.833 bits per heavy atom. The van der Waals surface area contributed by atoms with E-state index in [0.717, 1.165) is 42.6 Å². The lowest BCUT2D eigenvalue weighted by Crippen LogP contribution is -2.13. The van der Waals surface area contributed by atoms with Crippen molar-refractivity contribution >= 4 is 15.5 Å². The quantitative estimate of drug-likeness (QED) is 0.445. The number of nitrogens with one attached hydrogen (secondary N) is 1. The summed E-state index contributed by atoms with van der Waals surface area (Å²) in [6, 6.07) is 25.7. The minimum Gasteiger partial charge on any atom is -0.385 e. The molecule has 0 fully saturated rings. The molecule has 0 bridgehead atoms. The van der Waals surface area contributed by atoms with Gasteiger partial charge in [-0.15, -0.1) is 0 Å². The number of hydrogen-bond acceptors (Lipinski definition) is 3. The van der Waals surface area contributed by atoms with E-state index in [-0.39, 0.29) is 11.7 Å². The standard InChI is InChI=1S/C26H31NO2S/c1-3-18-27-25-11-7-8-23(19-25)13-12-22-14-16-26(17-15-22)30(28,29)20-21(2)24-9-5-4-6-10-24/h4-11,14-17,19,21,27H,3,12-13,18,20H2,1-2H3. The first-order chi connectivity index (χ1) is 14.5. The Morgan fingerprint density at radius 3 is 2.23 bits per heavy atom. The molecule has 1 N–H and O–H groups in total. The van der Waals surface area contributed by atoms with Crippen molar-refractivity contribution in [2.24, 2.45) is 0 Å². The van der Waals surface area contributed by atoms with Gasteiger partial charge in [0.05, 0.1) is 10.6 Å². The highest BCUT2D eigenvalue weighted by molar-refractivity contribution is 7.91. The third kappa shape index (κ3) is 6.20. The number of benzene rings is 3. The lowest BCUT2D eigenvalue weighted by Gasteiger charge is -2.13. The van der Waals surface area contributed by atoms with Gasteiger partial charge in [-0.1, -0.05) is 68.4 Å². The lowest BCUT2D eigenvalue weighted by molar-refractivity contribution is 0.590. The van der Waals surface area contributed by atoms with Crippen LogP contribution >= 0.6 is 0 Å². The molecule has 1 unspecified atom stereocenters. The third-order valence-corrected chi connectivity index (χ3v) is 7.26. The summed E-state index contributed by atoms with van der Waals surface area (Å²) in [5.74, 6) is 0.0814. The predicted molar refractivity (Wildman–Crippen MR) is 126 cm³/mol. The van der Waals surface area contributed by atoms with Crippen LogP contribution in [0.15, 0.2) is 83.8 Å². The highest BCUT2D eigenvalue weighted by Gasteiger charge is 2.19. The van der Waals surface area contributed by atoms with Crippen LogP contribution < -0.4 is 5.32 Å². The van der Waals surface area contributed by atoms with Gasteiger partial charge >= 0.3 is 0 Å². The van der Waals surface area contributed by atoms with Gasteiger partial charge in [-0.25, -0.2) is 8.42 Å². The molecular formula is C26H31NO2S. The number of sulfone groups is 1. The van der Waals surface area contributed by atoms with Crippen LogP contribution in [0.3, 0.4) is 0 Å². The minimum absolute atomic E-state index is 0.0375. The smallest absolute Gasteiger partial charge is 0.178 e. The van der Waals surface area contributed by atoms with Crippen molar-refractivity contribution < 1.29 is 8.42 Å². The molecule has 4 heteroatoms. The van der Waals surface area contributed by atoms with Gasteiger partial charge in [0.1, 0.15) is 0 Å². The summed E-state index contributed by atoms with van der Waals surface area (Å²) in [7, 11) is -3.31. The van der Waals surface area contributed by atoms with E-state index in [2.05, 4.69) is 36.5 Å². The Hall–Kier alpha value is -2.59. The molecule has 30 heavy (non-hydrogen) atoms. The Labute approximate surface area is 181 Å². The van der Waals surface area contributed by atoms with Crippen LogP contribution in [0.2, 0.25) is 0 Å². The molecule has 0 saturated carbocycles. The van der Waals surface area contributed by atoms with Crippen molar-refractivity contribution in [3.05, 3.63) is 95.6 Å². The zero-order chi connectivity index (χ0) is 21.4. The van der Waals surface area contributed by atoms with Gasteiger partial charge in [0, 0.05) is 12.2 Å². The second kappa shape index (κ2) is 10.4. The monoisotopic (exact) mass is 421 g/mol. The normalized spacial score (nSPS) is 12.5. The van der Waals surface area contributed by atoms with Gasteiger partial charge in [-0.05, 0) is 66.1 Å². The number of hydrogen-bond donors (Lipinski definition) is 1. The van der Waals surface area contributed by atoms with Crippen molar-refractivity contribution in [2.75, 3.05) is 17.6 Å². The average molecular weight is 422 g/mol. The van der Waals surface area contributed by atoms with Crippen LogP contribution in [0.25, 0.3) is 0 Å². The fourth-order valence-electron chi connectivity index (χ4n) is 3.56. The molecule has 0 aliphatic carbocycles. The molecule has 0 aromatic heterocycles. The molecule has 0 amide bonds. The topological polar surface area (TPSA) is 46.2 Å². The second-order valence-electron chi connectivity index (χ2n) is 7.86. The Kier molecular flexibility index (Phi) is 7.69. The van der Waals surface area contributed by atoms with Gasteiger partial charge in [-0.3, -0.25) is 0 Å². The van der Waals surface area contributed by atoms with Crippen LogP contribution in [0.5, 0.6) is 0 Å². The molecule has 0 heterocycles. The molecule has 3 nitrogen and oxygen atoms in total. The number of anilines is 1. The van der Waals surface area contributed by atoms with Crippen molar-refractivity contribution in [3.63, 3.8) is 0 Å². The van der Waals surface area contributed by atoms with E-state index in [0.29, 0.717) is 4.90 Å². The van der Waals surface area contributed by atoms with Crippen molar-refractivity contribution in [2.45, 2.75) is 43.9 Å². The molecule has 1 atom stereocenters. The molecule has 0 radical (unpaired) electrons. The van der Waals surface area contributed by atoms with Crippen molar-refractivity contribution in [3.8, 4) is 0 Å². The summed E-state index contributed by atoms with van der Waals surface area (Å²) in [5, 5.41) is 3.42. The van der Waals surface area contributed by atoms with E-state index in [1.54, 1.807) is 12.1 Å². The summed E-state index contributed by atoms with van der Waals surface area (Å²) < 4.78 is 25.6. The van der Waals surface area contributed by atoms with E-state index in [1.165, 1.54) is 5.56 Å². The summed E-state index contributed by atoms with van der Waals surface area (Å²) in [6.45, 7) is 5.09. The Balaban J connectivity index is 1.60. The minimum atomic E-state index is -3.31. The van der Waals surface area contributed by atoms with E-state index in [9.17, 15) is 8.42 Å². The van der Waals surface area contributed by atoms with Crippen LogP contribution in [0.1, 0.15) is 42.9 Å². The van der Waals surface area contributed by atoms with Crippen LogP contribution in [0.4, 0.5) is 5.69 Å². The molecule has 158 valence electrons. The van der Waals surface area contributed by atoms with Crippen molar-refractivity contribution in [1.82, 2.24) is 0 Å². The maximum atomic E-state index is 12.8. The molecule has 0 aliphatic heterocycles. The average Bonchev–Trinajstić information content (AvgIpc) is 2.77. The summed E-state index contributed by atoms with van der Waals surface area (Å²) in [6.07, 6.45) is 2.92. The van der Waals surface area contributed by atoms with Gasteiger partial charge < -0.3 is 5.32 Å². The Bertz CT molecular complexity index is 1030. The van der Waals surface area contributed by atoms with E-state index in [1.807, 2.05) is 49.4 Å². The largest absolute Gasteiger partial charge is 0.385 e. The SMILES string of the molecule is CCCNc1cccc(CCc2ccc(S(=O)(=O)CC(C)c3ccccc3)cc2)c1. The molecular weight excluding hydrogens is 390 g/mol. The van der Waals surface area contributed by atoms with E-state index in [4.69, 9.17) is 0 Å². The highest BCUT2D eigenvalue weighted by Crippen LogP contribution is 2.22. The van der Waals surface area contributed by atoms with Gasteiger partial charge in [-0.2, -0.15) is 0 Å². The fraction of sp³-hybridized carbons (Fsp3) is 0.308. The first kappa shape index (κ1) is 22.1. The van der Waals surface area contributed by atoms with Gasteiger partial charge in [0.25, 0.3) is 0 Å². The van der Waals surface area contributed by atoms with Crippen LogP contribution in [-0.2, 0) is 22.7 Å². The number of aryl methyl sites for hydroxylation is 2. The maximum Gasteiger partial charge on any atom is 0.178 e. The van der Waals surface area contributed by atoms with Crippen molar-refractivity contribution in [1.29, 1.82) is 0 Å². The highest BCUT2D eigenvalue weighted by atomic mass is 32.2.